The minimum Gasteiger partial charge on any atom is -0.453 e. The van der Waals surface area contributed by atoms with Crippen LogP contribution in [0, 0.1) is 0 Å². The first-order valence-corrected chi connectivity index (χ1v) is 5.16. The van der Waals surface area contributed by atoms with Crippen molar-refractivity contribution in [3.63, 3.8) is 0 Å². The zero-order chi connectivity index (χ0) is 11.6. The third kappa shape index (κ3) is 2.71. The summed E-state index contributed by atoms with van der Waals surface area (Å²) in [5.41, 5.74) is -0.179. The molecule has 6 heteroatoms. The monoisotopic (exact) mass is 276 g/mol. The molecule has 0 radical (unpaired) electrons. The van der Waals surface area contributed by atoms with Gasteiger partial charge in [0.15, 0.2) is 11.6 Å². The van der Waals surface area contributed by atoms with Gasteiger partial charge in [0.25, 0.3) is 0 Å². The smallest absolute Gasteiger partial charge is 0.412 e. The van der Waals surface area contributed by atoms with Crippen molar-refractivity contribution in [2.75, 3.05) is 12.4 Å². The van der Waals surface area contributed by atoms with E-state index in [0.717, 1.165) is 0 Å². The summed E-state index contributed by atoms with van der Waals surface area (Å²) in [6.07, 6.45) is -0.579. The van der Waals surface area contributed by atoms with Crippen LogP contribution >= 0.6 is 15.9 Å². The van der Waals surface area contributed by atoms with Crippen molar-refractivity contribution >= 4 is 27.8 Å². The second-order valence-corrected chi connectivity index (χ2v) is 4.83. The highest BCUT2D eigenvalue weighted by molar-refractivity contribution is 9.10. The summed E-state index contributed by atoms with van der Waals surface area (Å²) in [5.74, 6) is 1.00. The lowest BCUT2D eigenvalue weighted by Gasteiger charge is -2.13. The molecular weight excluding hydrogens is 264 g/mol. The van der Waals surface area contributed by atoms with Crippen LogP contribution in [-0.4, -0.2) is 18.4 Å². The lowest BCUT2D eigenvalue weighted by Crippen LogP contribution is -2.13. The summed E-state index contributed by atoms with van der Waals surface area (Å²) in [6, 6.07) is 0. The lowest BCUT2D eigenvalue weighted by atomic mass is 9.93. The van der Waals surface area contributed by atoms with Crippen molar-refractivity contribution in [2.45, 2.75) is 26.2 Å². The Balaban J connectivity index is 2.95. The largest absolute Gasteiger partial charge is 0.453 e. The Morgan fingerprint density at radius 2 is 2.13 bits per heavy atom. The predicted molar refractivity (Wildman–Crippen MR) is 58.9 cm³/mol. The van der Waals surface area contributed by atoms with Crippen LogP contribution in [0.2, 0.25) is 0 Å². The molecule has 1 amide bonds. The number of hydrogen-bond acceptors (Lipinski definition) is 4. The van der Waals surface area contributed by atoms with Crippen molar-refractivity contribution < 1.29 is 14.1 Å². The lowest BCUT2D eigenvalue weighted by molar-refractivity contribution is 0.186. The van der Waals surface area contributed by atoms with Gasteiger partial charge in [0.2, 0.25) is 0 Å². The molecule has 0 saturated carbocycles. The van der Waals surface area contributed by atoms with Gasteiger partial charge < -0.3 is 9.26 Å². The van der Waals surface area contributed by atoms with Crippen LogP contribution < -0.4 is 5.32 Å². The number of rotatable bonds is 1. The highest BCUT2D eigenvalue weighted by atomic mass is 79.9. The summed E-state index contributed by atoms with van der Waals surface area (Å²) in [7, 11) is 1.29. The molecule has 0 aliphatic rings. The van der Waals surface area contributed by atoms with Crippen molar-refractivity contribution in [1.29, 1.82) is 0 Å². The van der Waals surface area contributed by atoms with Crippen LogP contribution in [0.1, 0.15) is 26.5 Å². The second-order valence-electron chi connectivity index (χ2n) is 4.04. The summed E-state index contributed by atoms with van der Waals surface area (Å²) in [5, 5.41) is 6.18. The number of nitrogens with zero attached hydrogens (tertiary/aromatic N) is 1. The Morgan fingerprint density at radius 3 is 2.53 bits per heavy atom. The third-order valence-electron chi connectivity index (χ3n) is 1.72. The van der Waals surface area contributed by atoms with Gasteiger partial charge in [-0.15, -0.1) is 0 Å². The maximum Gasteiger partial charge on any atom is 0.412 e. The first kappa shape index (κ1) is 12.0. The molecule has 0 bridgehead atoms. The molecule has 1 N–H and O–H groups in total. The van der Waals surface area contributed by atoms with E-state index in [-0.39, 0.29) is 5.41 Å². The molecule has 15 heavy (non-hydrogen) atoms. The Hall–Kier alpha value is -1.04. The minimum atomic E-state index is -0.579. The summed E-state index contributed by atoms with van der Waals surface area (Å²) < 4.78 is 10.2. The van der Waals surface area contributed by atoms with E-state index in [9.17, 15) is 4.79 Å². The fourth-order valence-corrected chi connectivity index (χ4v) is 1.81. The molecule has 1 aromatic heterocycles. The van der Waals surface area contributed by atoms with Gasteiger partial charge in [-0.2, -0.15) is 0 Å². The normalized spacial score (nSPS) is 11.3. The van der Waals surface area contributed by atoms with Gasteiger partial charge in [-0.25, -0.2) is 4.79 Å². The summed E-state index contributed by atoms with van der Waals surface area (Å²) >= 11 is 3.32. The van der Waals surface area contributed by atoms with Crippen LogP contribution in [0.15, 0.2) is 9.00 Å². The number of amides is 1. The molecule has 0 unspecified atom stereocenters. The van der Waals surface area contributed by atoms with E-state index in [0.29, 0.717) is 16.1 Å². The number of hydrogen-bond donors (Lipinski definition) is 1. The zero-order valence-corrected chi connectivity index (χ0v) is 10.6. The molecule has 0 atom stereocenters. The van der Waals surface area contributed by atoms with E-state index in [1.807, 2.05) is 20.8 Å². The summed E-state index contributed by atoms with van der Waals surface area (Å²) in [6.45, 7) is 5.96. The average molecular weight is 277 g/mol. The maximum atomic E-state index is 11.0. The number of carbonyl (C=O) groups excluding carboxylic acids is 1. The van der Waals surface area contributed by atoms with Crippen molar-refractivity contribution in [2.24, 2.45) is 0 Å². The van der Waals surface area contributed by atoms with E-state index in [1.165, 1.54) is 7.11 Å². The first-order valence-electron chi connectivity index (χ1n) is 4.37. The van der Waals surface area contributed by atoms with Gasteiger partial charge in [0.1, 0.15) is 4.47 Å². The topological polar surface area (TPSA) is 64.4 Å². The van der Waals surface area contributed by atoms with E-state index < -0.39 is 6.09 Å². The molecule has 84 valence electrons. The minimum absolute atomic E-state index is 0.179. The maximum absolute atomic E-state index is 11.0. The molecular formula is C9H13BrN2O3. The van der Waals surface area contributed by atoms with Crippen LogP contribution in [0.4, 0.5) is 10.6 Å². The quantitative estimate of drug-likeness (QED) is 0.857. The van der Waals surface area contributed by atoms with E-state index in [1.54, 1.807) is 0 Å². The van der Waals surface area contributed by atoms with Crippen LogP contribution in [0.3, 0.4) is 0 Å². The van der Waals surface area contributed by atoms with Crippen molar-refractivity contribution in [3.05, 3.63) is 10.2 Å². The Morgan fingerprint density at radius 1 is 1.53 bits per heavy atom. The van der Waals surface area contributed by atoms with Crippen molar-refractivity contribution in [3.8, 4) is 0 Å². The molecule has 0 saturated heterocycles. The number of nitrogens with one attached hydrogen (secondary N) is 1. The zero-order valence-electron chi connectivity index (χ0n) is 9.05. The van der Waals surface area contributed by atoms with Crippen molar-refractivity contribution in [1.82, 2.24) is 5.16 Å². The summed E-state index contributed by atoms with van der Waals surface area (Å²) in [4.78, 5) is 11.0. The van der Waals surface area contributed by atoms with Crippen LogP contribution in [0.25, 0.3) is 0 Å². The van der Waals surface area contributed by atoms with Gasteiger partial charge in [0, 0.05) is 5.41 Å². The molecule has 1 aromatic rings. The second kappa shape index (κ2) is 4.22. The predicted octanol–water partition coefficient (Wildman–Crippen LogP) is 2.91. The molecule has 1 heterocycles. The standard InChI is InChI=1S/C9H13BrN2O3/c1-9(2,3)6-5(10)7(12-15-6)11-8(13)14-4/h1-4H3,(H,11,12,13). The number of ether oxygens (including phenoxy) is 1. The van der Waals surface area contributed by atoms with Gasteiger partial charge >= 0.3 is 6.09 Å². The molecule has 0 spiro atoms. The molecule has 5 nitrogen and oxygen atoms in total. The van der Waals surface area contributed by atoms with Gasteiger partial charge in [0.05, 0.1) is 7.11 Å². The number of carbonyl (C=O) groups is 1. The highest BCUT2D eigenvalue weighted by Crippen LogP contribution is 2.34. The number of aromatic nitrogens is 1. The number of anilines is 1. The molecule has 0 aromatic carbocycles. The fourth-order valence-electron chi connectivity index (χ4n) is 0.971. The Bertz CT molecular complexity index is 368. The molecule has 1 rings (SSSR count). The van der Waals surface area contributed by atoms with Gasteiger partial charge in [-0.05, 0) is 15.9 Å². The Labute approximate surface area is 96.3 Å². The average Bonchev–Trinajstić information content (AvgIpc) is 2.47. The molecule has 0 aliphatic carbocycles. The fraction of sp³-hybridized carbons (Fsp3) is 0.556. The third-order valence-corrected chi connectivity index (χ3v) is 2.46. The number of methoxy groups -OCH3 is 1. The SMILES string of the molecule is COC(=O)Nc1noc(C(C)(C)C)c1Br. The Kier molecular flexibility index (Phi) is 3.38. The first-order chi connectivity index (χ1) is 6.86. The van der Waals surface area contributed by atoms with E-state index in [4.69, 9.17) is 4.52 Å². The highest BCUT2D eigenvalue weighted by Gasteiger charge is 2.26. The van der Waals surface area contributed by atoms with Gasteiger partial charge in [-0.3, -0.25) is 5.32 Å². The number of halogens is 1. The van der Waals surface area contributed by atoms with E-state index >= 15 is 0 Å². The van der Waals surface area contributed by atoms with E-state index in [2.05, 4.69) is 31.1 Å². The van der Waals surface area contributed by atoms with Gasteiger partial charge in [-0.1, -0.05) is 25.9 Å². The molecule has 0 aliphatic heterocycles. The van der Waals surface area contributed by atoms with Crippen LogP contribution in [0.5, 0.6) is 0 Å². The molecule has 0 fully saturated rings. The van der Waals surface area contributed by atoms with Crippen LogP contribution in [-0.2, 0) is 10.2 Å².